The van der Waals surface area contributed by atoms with E-state index in [4.69, 9.17) is 10.8 Å². The van der Waals surface area contributed by atoms with Crippen LogP contribution in [0.1, 0.15) is 52.9 Å². The van der Waals surface area contributed by atoms with E-state index in [9.17, 15) is 19.5 Å². The molecule has 0 amide bonds. The van der Waals surface area contributed by atoms with Gasteiger partial charge in [0.2, 0.25) is 0 Å². The lowest BCUT2D eigenvalue weighted by Crippen LogP contribution is -2.45. The lowest BCUT2D eigenvalue weighted by Gasteiger charge is -2.20. The van der Waals surface area contributed by atoms with Gasteiger partial charge >= 0.3 is 11.7 Å². The summed E-state index contributed by atoms with van der Waals surface area (Å²) in [6, 6.07) is 4.52. The molecular formula is C18H31N3O5S. The molecule has 0 aliphatic heterocycles. The Morgan fingerprint density at radius 3 is 2.41 bits per heavy atom. The quantitative estimate of drug-likeness (QED) is 0.224. The number of carbonyl (C=O) groups is 1. The first-order chi connectivity index (χ1) is 12.8. The molecule has 3 atom stereocenters. The summed E-state index contributed by atoms with van der Waals surface area (Å²) in [5.41, 5.74) is 4.97. The summed E-state index contributed by atoms with van der Waals surface area (Å²) in [7, 11) is 0. The maximum Gasteiger partial charge on any atom is 0.325 e. The molecule has 0 fully saturated rings. The maximum atomic E-state index is 12.1. The van der Waals surface area contributed by atoms with Gasteiger partial charge in [-0.3, -0.25) is 14.9 Å². The van der Waals surface area contributed by atoms with Crippen molar-refractivity contribution in [3.8, 4) is 0 Å². The third-order valence-electron chi connectivity index (χ3n) is 4.03. The molecule has 1 aromatic carbocycles. The molecule has 0 radical (unpaired) electrons. The molecule has 154 valence electrons. The largest absolute Gasteiger partial charge is 0.593 e. The monoisotopic (exact) mass is 401 g/mol. The van der Waals surface area contributed by atoms with Gasteiger partial charge in [0.15, 0.2) is 6.04 Å². The predicted molar refractivity (Wildman–Crippen MR) is 107 cm³/mol. The first-order valence-corrected chi connectivity index (χ1v) is 10.3. The van der Waals surface area contributed by atoms with Crippen LogP contribution in [0.2, 0.25) is 0 Å². The molecule has 0 bridgehead atoms. The van der Waals surface area contributed by atoms with Gasteiger partial charge in [-0.2, -0.15) is 0 Å². The summed E-state index contributed by atoms with van der Waals surface area (Å²) in [6.45, 7) is 6.59. The van der Waals surface area contributed by atoms with Gasteiger partial charge in [0.05, 0.1) is 16.3 Å². The van der Waals surface area contributed by atoms with Crippen molar-refractivity contribution in [2.45, 2.75) is 63.8 Å². The van der Waals surface area contributed by atoms with E-state index < -0.39 is 28.3 Å². The molecule has 0 aliphatic carbocycles. The van der Waals surface area contributed by atoms with Gasteiger partial charge in [0.25, 0.3) is 4.90 Å². The van der Waals surface area contributed by atoms with Gasteiger partial charge in [-0.25, -0.2) is 0 Å². The average Bonchev–Trinajstić information content (AvgIpc) is 2.66. The van der Waals surface area contributed by atoms with Crippen molar-refractivity contribution in [1.82, 2.24) is 4.72 Å². The number of nitrogens with zero attached hydrogens (tertiary/aromatic N) is 1. The zero-order valence-corrected chi connectivity index (χ0v) is 17.0. The van der Waals surface area contributed by atoms with Crippen molar-refractivity contribution in [3.63, 3.8) is 0 Å². The number of carboxylic acid groups (broad SMARTS) is 1. The van der Waals surface area contributed by atoms with E-state index >= 15 is 0 Å². The van der Waals surface area contributed by atoms with Gasteiger partial charge < -0.3 is 15.4 Å². The standard InChI is InChI=1S/C12H16N2O5S.C6H15N/c1-3-8(2)11(12(15)16)13-20(19)10-7-5-4-6-9(10)14(17)18;1-2-3-4-5-6-7/h4-8,11,13H,3H2,1-2H3,(H,15,16);2-7H2,1H3/t8-,11-,20?;/m0./s1. The Labute approximate surface area is 164 Å². The van der Waals surface area contributed by atoms with Crippen LogP contribution >= 0.6 is 0 Å². The number of rotatable bonds is 11. The van der Waals surface area contributed by atoms with Crippen LogP contribution in [0.25, 0.3) is 0 Å². The smallest absolute Gasteiger partial charge is 0.325 e. The lowest BCUT2D eigenvalue weighted by atomic mass is 10.0. The van der Waals surface area contributed by atoms with Crippen LogP contribution in [0, 0.1) is 16.0 Å². The molecule has 27 heavy (non-hydrogen) atoms. The summed E-state index contributed by atoms with van der Waals surface area (Å²) >= 11 is -1.96. The molecule has 0 spiro atoms. The Kier molecular flexibility index (Phi) is 13.5. The van der Waals surface area contributed by atoms with Gasteiger partial charge in [-0.15, -0.1) is 4.72 Å². The normalized spacial score (nSPS) is 13.8. The zero-order valence-electron chi connectivity index (χ0n) is 16.2. The summed E-state index contributed by atoms with van der Waals surface area (Å²) < 4.78 is 14.6. The number of nitro groups is 1. The zero-order chi connectivity index (χ0) is 20.8. The molecular weight excluding hydrogens is 370 g/mol. The average molecular weight is 402 g/mol. The minimum atomic E-state index is -1.96. The van der Waals surface area contributed by atoms with Crippen molar-refractivity contribution < 1.29 is 19.4 Å². The number of nitrogens with one attached hydrogen (secondary N) is 1. The SMILES string of the molecule is CCCCCCN.CC[C@H](C)[C@H](N[S+]([O-])c1ccccc1[N+](=O)[O-])C(=O)O. The molecule has 1 aromatic rings. The molecule has 1 unspecified atom stereocenters. The summed E-state index contributed by atoms with van der Waals surface area (Å²) in [4.78, 5) is 21.3. The first-order valence-electron chi connectivity index (χ1n) is 9.14. The molecule has 9 heteroatoms. The van der Waals surface area contributed by atoms with Crippen LogP contribution in [0.15, 0.2) is 29.2 Å². The lowest BCUT2D eigenvalue weighted by molar-refractivity contribution is -0.387. The summed E-state index contributed by atoms with van der Waals surface area (Å²) in [5, 5.41) is 20.0. The van der Waals surface area contributed by atoms with Crippen molar-refractivity contribution >= 4 is 23.0 Å². The predicted octanol–water partition coefficient (Wildman–Crippen LogP) is 3.23. The van der Waals surface area contributed by atoms with E-state index in [1.165, 1.54) is 49.9 Å². The minimum Gasteiger partial charge on any atom is -0.593 e. The number of unbranched alkanes of at least 4 members (excludes halogenated alkanes) is 3. The summed E-state index contributed by atoms with van der Waals surface area (Å²) in [5.74, 6) is -1.38. The van der Waals surface area contributed by atoms with Crippen LogP contribution in [0.4, 0.5) is 5.69 Å². The fourth-order valence-electron chi connectivity index (χ4n) is 2.16. The number of benzene rings is 1. The van der Waals surface area contributed by atoms with Crippen molar-refractivity contribution in [2.24, 2.45) is 11.7 Å². The highest BCUT2D eigenvalue weighted by atomic mass is 32.2. The highest BCUT2D eigenvalue weighted by Gasteiger charge is 2.32. The van der Waals surface area contributed by atoms with Crippen molar-refractivity contribution in [2.75, 3.05) is 6.54 Å². The highest BCUT2D eigenvalue weighted by Crippen LogP contribution is 2.23. The molecule has 1 rings (SSSR count). The Bertz CT molecular complexity index is 570. The van der Waals surface area contributed by atoms with E-state index in [1.54, 1.807) is 6.92 Å². The minimum absolute atomic E-state index is 0.0351. The number of hydrogen-bond donors (Lipinski definition) is 3. The fourth-order valence-corrected chi connectivity index (χ4v) is 3.39. The molecule has 0 aromatic heterocycles. The van der Waals surface area contributed by atoms with E-state index in [0.717, 1.165) is 6.54 Å². The number of carboxylic acids is 1. The van der Waals surface area contributed by atoms with Gasteiger partial charge in [-0.05, 0) is 18.9 Å². The topological polar surface area (TPSA) is 142 Å². The molecule has 0 aliphatic rings. The molecule has 8 nitrogen and oxygen atoms in total. The van der Waals surface area contributed by atoms with Crippen molar-refractivity contribution in [1.29, 1.82) is 0 Å². The third-order valence-corrected chi connectivity index (χ3v) is 5.25. The van der Waals surface area contributed by atoms with Gasteiger partial charge in [0, 0.05) is 12.1 Å². The van der Waals surface area contributed by atoms with Gasteiger partial charge in [-0.1, -0.05) is 58.6 Å². The molecule has 0 heterocycles. The molecule has 0 saturated heterocycles. The second-order valence-electron chi connectivity index (χ2n) is 6.16. The van der Waals surface area contributed by atoms with Crippen molar-refractivity contribution in [3.05, 3.63) is 34.4 Å². The van der Waals surface area contributed by atoms with Crippen LogP contribution in [0.5, 0.6) is 0 Å². The Morgan fingerprint density at radius 1 is 1.30 bits per heavy atom. The first kappa shape index (κ1) is 25.3. The van der Waals surface area contributed by atoms with Crippen LogP contribution < -0.4 is 10.5 Å². The Hall–Kier alpha value is -1.68. The van der Waals surface area contributed by atoms with Gasteiger partial charge in [0.1, 0.15) is 0 Å². The van der Waals surface area contributed by atoms with Crippen LogP contribution in [0.3, 0.4) is 0 Å². The Balaban J connectivity index is 0.000000821. The maximum absolute atomic E-state index is 12.1. The van der Waals surface area contributed by atoms with E-state index in [0.29, 0.717) is 6.42 Å². The summed E-state index contributed by atoms with van der Waals surface area (Å²) in [6.07, 6.45) is 5.75. The second kappa shape index (κ2) is 14.4. The van der Waals surface area contributed by atoms with E-state index in [1.807, 2.05) is 6.92 Å². The number of hydrogen-bond acceptors (Lipinski definition) is 6. The highest BCUT2D eigenvalue weighted by molar-refractivity contribution is 7.89. The molecule has 4 N–H and O–H groups in total. The third kappa shape index (κ3) is 9.71. The number of aliphatic carboxylic acids is 1. The number of para-hydroxylation sites is 1. The second-order valence-corrected chi connectivity index (χ2v) is 7.38. The Morgan fingerprint density at radius 2 is 1.93 bits per heavy atom. The number of nitro benzene ring substituents is 1. The number of nitrogens with two attached hydrogens (primary N) is 1. The van der Waals surface area contributed by atoms with E-state index in [-0.39, 0.29) is 16.5 Å². The van der Waals surface area contributed by atoms with Crippen LogP contribution in [-0.4, -0.2) is 33.1 Å². The fraction of sp³-hybridized carbons (Fsp3) is 0.611. The van der Waals surface area contributed by atoms with E-state index in [2.05, 4.69) is 11.6 Å². The molecule has 0 saturated carbocycles. The van der Waals surface area contributed by atoms with Crippen LogP contribution in [-0.2, 0) is 16.2 Å².